The van der Waals surface area contributed by atoms with Crippen molar-refractivity contribution in [3.8, 4) is 11.5 Å². The summed E-state index contributed by atoms with van der Waals surface area (Å²) in [7, 11) is 0. The molecule has 0 aliphatic carbocycles. The summed E-state index contributed by atoms with van der Waals surface area (Å²) in [5.74, 6) is 0.858. The minimum atomic E-state index is -1.31. The number of fused-ring (bicyclic) bond motifs is 1. The molecule has 236 valence electrons. The Labute approximate surface area is 268 Å². The number of aliphatic hydroxyl groups is 1. The summed E-state index contributed by atoms with van der Waals surface area (Å²) >= 11 is 0. The summed E-state index contributed by atoms with van der Waals surface area (Å²) in [6, 6.07) is 32.5. The standard InChI is InChI=1S/C38H37NO7/c1-2-43-36(37(41)39-31(25-45-38(39)42)21-26-9-5-3-6-10-26)35(40)30-16-20-34-29(23-30)15-19-33(46-34)22-27-13-17-32(18-14-27)44-24-28-11-7-4-8-12-28/h3-20,23,31,33,35-36,40H,2,21-22,24-25H2,1H3/t31-,33?,35+,36-/m0/s1. The molecule has 1 unspecified atom stereocenters. The molecule has 0 aromatic heterocycles. The van der Waals surface area contributed by atoms with Gasteiger partial charge in [-0.1, -0.05) is 84.9 Å². The van der Waals surface area contributed by atoms with Gasteiger partial charge in [0.2, 0.25) is 0 Å². The fourth-order valence-electron chi connectivity index (χ4n) is 5.76. The van der Waals surface area contributed by atoms with E-state index >= 15 is 0 Å². The van der Waals surface area contributed by atoms with E-state index in [1.165, 1.54) is 0 Å². The number of imide groups is 1. The Morgan fingerprint density at radius 1 is 0.913 bits per heavy atom. The van der Waals surface area contributed by atoms with Gasteiger partial charge in [0.1, 0.15) is 36.9 Å². The predicted octanol–water partition coefficient (Wildman–Crippen LogP) is 6.31. The quantitative estimate of drug-likeness (QED) is 0.199. The number of carbonyl (C=O) groups excluding carboxylic acids is 2. The number of ether oxygens (including phenoxy) is 4. The average molecular weight is 620 g/mol. The lowest BCUT2D eigenvalue weighted by Crippen LogP contribution is -2.48. The number of rotatable bonds is 12. The fourth-order valence-corrected chi connectivity index (χ4v) is 5.76. The zero-order valence-electron chi connectivity index (χ0n) is 25.7. The van der Waals surface area contributed by atoms with E-state index in [0.717, 1.165) is 32.9 Å². The molecule has 0 bridgehead atoms. The second-order valence-electron chi connectivity index (χ2n) is 11.4. The number of hydrogen-bond donors (Lipinski definition) is 1. The highest BCUT2D eigenvalue weighted by molar-refractivity contribution is 5.96. The summed E-state index contributed by atoms with van der Waals surface area (Å²) in [4.78, 5) is 27.4. The van der Waals surface area contributed by atoms with Crippen LogP contribution < -0.4 is 9.47 Å². The van der Waals surface area contributed by atoms with E-state index < -0.39 is 30.3 Å². The van der Waals surface area contributed by atoms with Crippen molar-refractivity contribution in [2.45, 2.75) is 50.7 Å². The average Bonchev–Trinajstić information content (AvgIpc) is 3.46. The van der Waals surface area contributed by atoms with E-state index in [-0.39, 0.29) is 19.3 Å². The van der Waals surface area contributed by atoms with Crippen LogP contribution in [0.4, 0.5) is 4.79 Å². The van der Waals surface area contributed by atoms with Gasteiger partial charge in [-0.2, -0.15) is 0 Å². The second kappa shape index (κ2) is 14.5. The van der Waals surface area contributed by atoms with Gasteiger partial charge < -0.3 is 24.1 Å². The third-order valence-electron chi connectivity index (χ3n) is 8.14. The molecule has 0 radical (unpaired) electrons. The molecule has 1 fully saturated rings. The summed E-state index contributed by atoms with van der Waals surface area (Å²) in [5.41, 5.74) is 4.46. The lowest BCUT2D eigenvalue weighted by molar-refractivity contribution is -0.149. The normalized spacial score (nSPS) is 18.3. The zero-order valence-corrected chi connectivity index (χ0v) is 25.7. The SMILES string of the molecule is CCO[C@H](C(=O)N1C(=O)OC[C@@H]1Cc1ccccc1)[C@H](O)c1ccc2c(c1)C=CC(Cc1ccc(OCc3ccccc3)cc1)O2. The molecule has 8 nitrogen and oxygen atoms in total. The van der Waals surface area contributed by atoms with Crippen LogP contribution in [0.1, 0.15) is 40.8 Å². The molecule has 4 aromatic rings. The number of amides is 2. The number of benzene rings is 4. The van der Waals surface area contributed by atoms with Crippen molar-refractivity contribution in [1.29, 1.82) is 0 Å². The molecule has 2 aliphatic heterocycles. The summed E-state index contributed by atoms with van der Waals surface area (Å²) in [6.45, 7) is 2.52. The van der Waals surface area contributed by atoms with Crippen LogP contribution in [0.3, 0.4) is 0 Å². The van der Waals surface area contributed by atoms with Gasteiger partial charge in [0.25, 0.3) is 5.91 Å². The van der Waals surface area contributed by atoms with Crippen LogP contribution in [0.2, 0.25) is 0 Å². The maximum Gasteiger partial charge on any atom is 0.417 e. The third kappa shape index (κ3) is 7.30. The number of aliphatic hydroxyl groups excluding tert-OH is 1. The van der Waals surface area contributed by atoms with Crippen molar-refractivity contribution in [2.24, 2.45) is 0 Å². The van der Waals surface area contributed by atoms with Gasteiger partial charge in [-0.3, -0.25) is 4.79 Å². The third-order valence-corrected chi connectivity index (χ3v) is 8.14. The van der Waals surface area contributed by atoms with Crippen molar-refractivity contribution < 1.29 is 33.6 Å². The van der Waals surface area contributed by atoms with Gasteiger partial charge in [0.15, 0.2) is 6.10 Å². The largest absolute Gasteiger partial charge is 0.489 e. The highest BCUT2D eigenvalue weighted by Crippen LogP contribution is 2.33. The predicted molar refractivity (Wildman–Crippen MR) is 173 cm³/mol. The van der Waals surface area contributed by atoms with Crippen LogP contribution in [-0.4, -0.2) is 53.5 Å². The molecule has 0 spiro atoms. The highest BCUT2D eigenvalue weighted by atomic mass is 16.6. The van der Waals surface area contributed by atoms with Gasteiger partial charge in [-0.05, 0) is 65.9 Å². The first-order valence-electron chi connectivity index (χ1n) is 15.6. The van der Waals surface area contributed by atoms with Crippen molar-refractivity contribution in [1.82, 2.24) is 4.90 Å². The molecule has 46 heavy (non-hydrogen) atoms. The maximum atomic E-state index is 13.7. The molecule has 1 saturated heterocycles. The van der Waals surface area contributed by atoms with Gasteiger partial charge >= 0.3 is 6.09 Å². The topological polar surface area (TPSA) is 94.5 Å². The second-order valence-corrected chi connectivity index (χ2v) is 11.4. The number of nitrogens with zero attached hydrogens (tertiary/aromatic N) is 1. The van der Waals surface area contributed by atoms with Crippen LogP contribution >= 0.6 is 0 Å². The zero-order chi connectivity index (χ0) is 31.9. The number of hydrogen-bond acceptors (Lipinski definition) is 7. The first kappa shape index (κ1) is 31.1. The van der Waals surface area contributed by atoms with Crippen molar-refractivity contribution in [2.75, 3.05) is 13.2 Å². The number of carbonyl (C=O) groups is 2. The van der Waals surface area contributed by atoms with E-state index in [9.17, 15) is 14.7 Å². The molecule has 2 heterocycles. The van der Waals surface area contributed by atoms with E-state index in [1.807, 2.05) is 97.1 Å². The van der Waals surface area contributed by atoms with E-state index in [4.69, 9.17) is 18.9 Å². The molecular weight excluding hydrogens is 582 g/mol. The summed E-state index contributed by atoms with van der Waals surface area (Å²) in [5, 5.41) is 11.4. The number of cyclic esters (lactones) is 1. The fraction of sp³-hybridized carbons (Fsp3) is 0.263. The minimum absolute atomic E-state index is 0.0860. The van der Waals surface area contributed by atoms with Crippen LogP contribution in [0, 0.1) is 0 Å². The van der Waals surface area contributed by atoms with Gasteiger partial charge in [-0.15, -0.1) is 0 Å². The van der Waals surface area contributed by atoms with Crippen LogP contribution in [0.15, 0.2) is 109 Å². The monoisotopic (exact) mass is 619 g/mol. The van der Waals surface area contributed by atoms with Gasteiger partial charge in [0.05, 0.1) is 6.04 Å². The molecule has 2 aliphatic rings. The Hall–Kier alpha value is -4.92. The molecule has 4 atom stereocenters. The van der Waals surface area contributed by atoms with Gasteiger partial charge in [0, 0.05) is 18.6 Å². The first-order chi connectivity index (χ1) is 22.5. The van der Waals surface area contributed by atoms with Crippen LogP contribution in [0.25, 0.3) is 6.08 Å². The van der Waals surface area contributed by atoms with E-state index in [1.54, 1.807) is 25.1 Å². The van der Waals surface area contributed by atoms with Crippen LogP contribution in [0.5, 0.6) is 11.5 Å². The molecule has 4 aromatic carbocycles. The highest BCUT2D eigenvalue weighted by Gasteiger charge is 2.43. The Morgan fingerprint density at radius 2 is 1.61 bits per heavy atom. The Kier molecular flexibility index (Phi) is 9.76. The maximum absolute atomic E-state index is 13.7. The Balaban J connectivity index is 1.09. The molecule has 8 heteroatoms. The molecule has 6 rings (SSSR count). The molecule has 1 N–H and O–H groups in total. The molecule has 0 saturated carbocycles. The van der Waals surface area contributed by atoms with Crippen molar-refractivity contribution in [3.05, 3.63) is 137 Å². The Morgan fingerprint density at radius 3 is 2.33 bits per heavy atom. The summed E-state index contributed by atoms with van der Waals surface area (Å²) < 4.78 is 23.2. The summed E-state index contributed by atoms with van der Waals surface area (Å²) in [6.07, 6.45) is 1.58. The smallest absolute Gasteiger partial charge is 0.417 e. The van der Waals surface area contributed by atoms with Crippen molar-refractivity contribution in [3.63, 3.8) is 0 Å². The molecular formula is C38H37NO7. The lowest BCUT2D eigenvalue weighted by atomic mass is 9.97. The van der Waals surface area contributed by atoms with Gasteiger partial charge in [-0.25, -0.2) is 9.69 Å². The minimum Gasteiger partial charge on any atom is -0.489 e. The Bertz CT molecular complexity index is 1660. The lowest BCUT2D eigenvalue weighted by Gasteiger charge is -2.28. The van der Waals surface area contributed by atoms with E-state index in [2.05, 4.69) is 0 Å². The molecule has 2 amide bonds. The van der Waals surface area contributed by atoms with Crippen molar-refractivity contribution >= 4 is 18.1 Å². The van der Waals surface area contributed by atoms with Crippen LogP contribution in [-0.2, 0) is 33.7 Å². The van der Waals surface area contributed by atoms with E-state index in [0.29, 0.717) is 30.8 Å². The first-order valence-corrected chi connectivity index (χ1v) is 15.6.